The number of methoxy groups -OCH3 is 1. The van der Waals surface area contributed by atoms with E-state index in [9.17, 15) is 4.79 Å². The average molecular weight is 367 g/mol. The molecule has 2 fully saturated rings. The van der Waals surface area contributed by atoms with Crippen LogP contribution in [-0.2, 0) is 9.53 Å². The summed E-state index contributed by atoms with van der Waals surface area (Å²) >= 11 is 6.07. The summed E-state index contributed by atoms with van der Waals surface area (Å²) in [6.45, 7) is 4.86. The normalized spacial score (nSPS) is 23.5. The van der Waals surface area contributed by atoms with Gasteiger partial charge < -0.3 is 14.4 Å². The van der Waals surface area contributed by atoms with Gasteiger partial charge in [-0.2, -0.15) is 0 Å². The number of hydrogen-bond donors (Lipinski definition) is 0. The van der Waals surface area contributed by atoms with E-state index in [1.165, 1.54) is 12.8 Å². The van der Waals surface area contributed by atoms with E-state index in [-0.39, 0.29) is 11.4 Å². The van der Waals surface area contributed by atoms with Gasteiger partial charge in [-0.15, -0.1) is 0 Å². The molecule has 1 spiro atoms. The highest BCUT2D eigenvalue weighted by molar-refractivity contribution is 6.32. The van der Waals surface area contributed by atoms with E-state index in [4.69, 9.17) is 21.1 Å². The Morgan fingerprint density at radius 1 is 1.24 bits per heavy atom. The van der Waals surface area contributed by atoms with Crippen molar-refractivity contribution in [2.75, 3.05) is 46.5 Å². The lowest BCUT2D eigenvalue weighted by molar-refractivity contribution is -0.141. The molecule has 3 rings (SSSR count). The van der Waals surface area contributed by atoms with Crippen LogP contribution in [0.3, 0.4) is 0 Å². The maximum absolute atomic E-state index is 12.6. The lowest BCUT2D eigenvalue weighted by Crippen LogP contribution is -2.67. The summed E-state index contributed by atoms with van der Waals surface area (Å²) in [5, 5.41) is 0.579. The molecule has 138 valence electrons. The molecule has 1 aromatic carbocycles. The minimum absolute atomic E-state index is 0.171. The topological polar surface area (TPSA) is 42.0 Å². The van der Waals surface area contributed by atoms with Crippen molar-refractivity contribution in [2.24, 2.45) is 0 Å². The Balaban J connectivity index is 1.48. The number of para-hydroxylation sites is 1. The summed E-state index contributed by atoms with van der Waals surface area (Å²) in [5.41, 5.74) is 0.177. The van der Waals surface area contributed by atoms with E-state index in [1.807, 2.05) is 23.1 Å². The van der Waals surface area contributed by atoms with Gasteiger partial charge in [0.15, 0.2) is 0 Å². The first-order valence-electron chi connectivity index (χ1n) is 9.04. The van der Waals surface area contributed by atoms with Crippen molar-refractivity contribution >= 4 is 17.5 Å². The van der Waals surface area contributed by atoms with Crippen molar-refractivity contribution in [2.45, 2.75) is 31.2 Å². The largest absolute Gasteiger partial charge is 0.491 e. The SMILES string of the molecule is COCCN1CC[C@]12CCCN(C(=O)CCOc1ccccc1Cl)C2. The van der Waals surface area contributed by atoms with Gasteiger partial charge >= 0.3 is 0 Å². The van der Waals surface area contributed by atoms with Gasteiger partial charge in [0.2, 0.25) is 5.91 Å². The molecular formula is C19H27ClN2O3. The third kappa shape index (κ3) is 4.27. The smallest absolute Gasteiger partial charge is 0.226 e. The Labute approximate surface area is 154 Å². The second-order valence-electron chi connectivity index (χ2n) is 6.90. The van der Waals surface area contributed by atoms with Crippen molar-refractivity contribution in [3.8, 4) is 5.75 Å². The number of piperidine rings is 1. The quantitative estimate of drug-likeness (QED) is 0.744. The molecule has 1 atom stereocenters. The zero-order valence-electron chi connectivity index (χ0n) is 14.9. The molecule has 2 heterocycles. The monoisotopic (exact) mass is 366 g/mol. The highest BCUT2D eigenvalue weighted by Gasteiger charge is 2.47. The maximum atomic E-state index is 12.6. The predicted molar refractivity (Wildman–Crippen MR) is 98.2 cm³/mol. The molecule has 6 heteroatoms. The minimum Gasteiger partial charge on any atom is -0.491 e. The van der Waals surface area contributed by atoms with Crippen LogP contribution < -0.4 is 4.74 Å². The number of rotatable bonds is 7. The lowest BCUT2D eigenvalue weighted by Gasteiger charge is -2.57. The van der Waals surface area contributed by atoms with Crippen LogP contribution in [0.15, 0.2) is 24.3 Å². The molecule has 2 aliphatic rings. The van der Waals surface area contributed by atoms with Crippen molar-refractivity contribution in [3.63, 3.8) is 0 Å². The predicted octanol–water partition coefficient (Wildman–Crippen LogP) is 2.82. The number of carbonyl (C=O) groups excluding carboxylic acids is 1. The first kappa shape index (κ1) is 18.5. The van der Waals surface area contributed by atoms with Crippen molar-refractivity contribution < 1.29 is 14.3 Å². The Morgan fingerprint density at radius 2 is 2.08 bits per heavy atom. The Hall–Kier alpha value is -1.30. The first-order chi connectivity index (χ1) is 12.1. The summed E-state index contributed by atoms with van der Waals surface area (Å²) in [6.07, 6.45) is 3.81. The van der Waals surface area contributed by atoms with E-state index in [0.717, 1.165) is 39.2 Å². The van der Waals surface area contributed by atoms with Gasteiger partial charge in [-0.25, -0.2) is 0 Å². The van der Waals surface area contributed by atoms with E-state index < -0.39 is 0 Å². The van der Waals surface area contributed by atoms with E-state index in [2.05, 4.69) is 4.90 Å². The summed E-state index contributed by atoms with van der Waals surface area (Å²) in [7, 11) is 1.74. The van der Waals surface area contributed by atoms with Gasteiger partial charge in [0, 0.05) is 38.8 Å². The number of likely N-dealkylation sites (tertiary alicyclic amines) is 2. The van der Waals surface area contributed by atoms with Crippen LogP contribution in [0.2, 0.25) is 5.02 Å². The second-order valence-corrected chi connectivity index (χ2v) is 7.31. The molecule has 5 nitrogen and oxygen atoms in total. The van der Waals surface area contributed by atoms with E-state index in [0.29, 0.717) is 23.8 Å². The molecule has 2 aliphatic heterocycles. The van der Waals surface area contributed by atoms with Gasteiger partial charge in [0.25, 0.3) is 0 Å². The van der Waals surface area contributed by atoms with E-state index >= 15 is 0 Å². The molecule has 0 N–H and O–H groups in total. The van der Waals surface area contributed by atoms with Crippen LogP contribution in [0, 0.1) is 0 Å². The van der Waals surface area contributed by atoms with Crippen LogP contribution in [0.1, 0.15) is 25.7 Å². The van der Waals surface area contributed by atoms with Crippen LogP contribution in [-0.4, -0.2) is 67.7 Å². The first-order valence-corrected chi connectivity index (χ1v) is 9.41. The number of hydrogen-bond acceptors (Lipinski definition) is 4. The second kappa shape index (κ2) is 8.39. The van der Waals surface area contributed by atoms with Gasteiger partial charge in [0.05, 0.1) is 24.7 Å². The number of halogens is 1. The molecule has 0 radical (unpaired) electrons. The maximum Gasteiger partial charge on any atom is 0.226 e. The molecule has 0 saturated carbocycles. The van der Waals surface area contributed by atoms with E-state index in [1.54, 1.807) is 13.2 Å². The van der Waals surface area contributed by atoms with Crippen molar-refractivity contribution in [1.29, 1.82) is 0 Å². The fourth-order valence-electron chi connectivity index (χ4n) is 3.89. The summed E-state index contributed by atoms with van der Waals surface area (Å²) in [5.74, 6) is 0.807. The Kier molecular flexibility index (Phi) is 6.20. The van der Waals surface area contributed by atoms with Crippen LogP contribution >= 0.6 is 11.6 Å². The number of ether oxygens (including phenoxy) is 2. The molecule has 0 aromatic heterocycles. The molecule has 0 aliphatic carbocycles. The summed E-state index contributed by atoms with van der Waals surface area (Å²) in [4.78, 5) is 17.1. The minimum atomic E-state index is 0.171. The molecule has 0 bridgehead atoms. The van der Waals surface area contributed by atoms with Gasteiger partial charge in [-0.05, 0) is 31.4 Å². The van der Waals surface area contributed by atoms with Gasteiger partial charge in [-0.3, -0.25) is 9.69 Å². The molecule has 0 unspecified atom stereocenters. The lowest BCUT2D eigenvalue weighted by atomic mass is 9.77. The zero-order valence-corrected chi connectivity index (χ0v) is 15.6. The van der Waals surface area contributed by atoms with Crippen LogP contribution in [0.4, 0.5) is 0 Å². The highest BCUT2D eigenvalue weighted by Crippen LogP contribution is 2.38. The summed E-state index contributed by atoms with van der Waals surface area (Å²) in [6, 6.07) is 7.35. The Morgan fingerprint density at radius 3 is 2.80 bits per heavy atom. The fraction of sp³-hybridized carbons (Fsp3) is 0.632. The molecule has 1 amide bonds. The fourth-order valence-corrected chi connectivity index (χ4v) is 4.08. The zero-order chi connectivity index (χ0) is 17.7. The molecule has 1 aromatic rings. The third-order valence-corrected chi connectivity index (χ3v) is 5.71. The van der Waals surface area contributed by atoms with Crippen LogP contribution in [0.5, 0.6) is 5.75 Å². The van der Waals surface area contributed by atoms with Gasteiger partial charge in [-0.1, -0.05) is 23.7 Å². The van der Waals surface area contributed by atoms with Crippen molar-refractivity contribution in [1.82, 2.24) is 9.80 Å². The van der Waals surface area contributed by atoms with Gasteiger partial charge in [0.1, 0.15) is 5.75 Å². The standard InChI is InChI=1S/C19H27ClN2O3/c1-24-14-12-22-11-9-19(22)8-4-10-21(15-19)18(23)7-13-25-17-6-3-2-5-16(17)20/h2-3,5-6H,4,7-15H2,1H3/t19-/m0/s1. The number of nitrogens with zero attached hydrogens (tertiary/aromatic N) is 2. The highest BCUT2D eigenvalue weighted by atomic mass is 35.5. The summed E-state index contributed by atoms with van der Waals surface area (Å²) < 4.78 is 10.9. The molecule has 2 saturated heterocycles. The third-order valence-electron chi connectivity index (χ3n) is 5.40. The number of benzene rings is 1. The number of carbonyl (C=O) groups is 1. The molecule has 25 heavy (non-hydrogen) atoms. The molecular weight excluding hydrogens is 340 g/mol. The van der Waals surface area contributed by atoms with Crippen molar-refractivity contribution in [3.05, 3.63) is 29.3 Å². The number of amides is 1. The van der Waals surface area contributed by atoms with Crippen LogP contribution in [0.25, 0.3) is 0 Å². The average Bonchev–Trinajstić information content (AvgIpc) is 2.63. The Bertz CT molecular complexity index is 598.